The van der Waals surface area contributed by atoms with Crippen LogP contribution >= 0.6 is 11.8 Å². The summed E-state index contributed by atoms with van der Waals surface area (Å²) < 4.78 is 16.2. The van der Waals surface area contributed by atoms with Gasteiger partial charge < -0.3 is 15.5 Å². The molecule has 0 fully saturated rings. The van der Waals surface area contributed by atoms with Gasteiger partial charge in [-0.2, -0.15) is 16.9 Å². The standard InChI is InChI=1S/C29H36FN7O3S/c1-19(2)25-27-34-26(20-8-5-4-6-9-20)35-37(27)16-15-36(29(40)21-11-13-31-18-22(21)30)14-7-10-24(38)32-23(12-17-41-3)28(39)33-25/h4-6,8-9,11,13,18-19,23,25H,7,10,12,14-17H2,1-3H3,(H,32,38)(H,33,39)/t23-,25+/m0/s1. The summed E-state index contributed by atoms with van der Waals surface area (Å²) in [5.41, 5.74) is 0.731. The average molecular weight is 582 g/mol. The number of hydrogen-bond acceptors (Lipinski definition) is 7. The normalized spacial score (nSPS) is 18.8. The Kier molecular flexibility index (Phi) is 10.4. The molecule has 1 aromatic carbocycles. The van der Waals surface area contributed by atoms with E-state index in [1.807, 2.05) is 50.4 Å². The molecule has 2 aromatic heterocycles. The van der Waals surface area contributed by atoms with Crippen LogP contribution in [0, 0.1) is 11.7 Å². The molecule has 0 spiro atoms. The molecule has 3 aromatic rings. The van der Waals surface area contributed by atoms with Gasteiger partial charge in [0.05, 0.1) is 24.3 Å². The Balaban J connectivity index is 1.74. The predicted molar refractivity (Wildman–Crippen MR) is 155 cm³/mol. The molecule has 218 valence electrons. The summed E-state index contributed by atoms with van der Waals surface area (Å²) >= 11 is 1.60. The summed E-state index contributed by atoms with van der Waals surface area (Å²) in [6, 6.07) is 9.65. The summed E-state index contributed by atoms with van der Waals surface area (Å²) in [6.07, 6.45) is 5.26. The van der Waals surface area contributed by atoms with E-state index < -0.39 is 23.8 Å². The highest BCUT2D eigenvalue weighted by molar-refractivity contribution is 7.98. The highest BCUT2D eigenvalue weighted by Gasteiger charge is 2.30. The van der Waals surface area contributed by atoms with Crippen molar-refractivity contribution >= 4 is 29.5 Å². The van der Waals surface area contributed by atoms with E-state index >= 15 is 0 Å². The minimum atomic E-state index is -0.715. The molecule has 0 aliphatic carbocycles. The van der Waals surface area contributed by atoms with Gasteiger partial charge in [-0.1, -0.05) is 44.2 Å². The lowest BCUT2D eigenvalue weighted by Gasteiger charge is -2.28. The summed E-state index contributed by atoms with van der Waals surface area (Å²) in [7, 11) is 0. The number of aromatic nitrogens is 4. The van der Waals surface area contributed by atoms with E-state index in [0.29, 0.717) is 30.2 Å². The second kappa shape index (κ2) is 14.2. The number of nitrogens with one attached hydrogen (secondary N) is 2. The number of pyridine rings is 1. The Bertz CT molecular complexity index is 1350. The van der Waals surface area contributed by atoms with Crippen molar-refractivity contribution < 1.29 is 18.8 Å². The first-order valence-electron chi connectivity index (χ1n) is 13.8. The van der Waals surface area contributed by atoms with Gasteiger partial charge in [0.1, 0.15) is 6.04 Å². The zero-order chi connectivity index (χ0) is 29.4. The van der Waals surface area contributed by atoms with Gasteiger partial charge in [0.15, 0.2) is 17.5 Å². The Hall–Kier alpha value is -3.80. The van der Waals surface area contributed by atoms with Gasteiger partial charge in [0.2, 0.25) is 11.8 Å². The number of nitrogens with zero attached hydrogens (tertiary/aromatic N) is 5. The molecule has 0 saturated carbocycles. The van der Waals surface area contributed by atoms with Crippen molar-refractivity contribution in [3.05, 3.63) is 66.0 Å². The minimum absolute atomic E-state index is 0.0565. The van der Waals surface area contributed by atoms with Crippen LogP contribution in [0.3, 0.4) is 0 Å². The van der Waals surface area contributed by atoms with Crippen LogP contribution in [0.1, 0.15) is 55.3 Å². The molecule has 41 heavy (non-hydrogen) atoms. The van der Waals surface area contributed by atoms with Crippen LogP contribution in [0.2, 0.25) is 0 Å². The SMILES string of the molecule is CSCC[C@@H]1NC(=O)CCCN(C(=O)c2ccncc2F)CCn2nc(-c3ccccc3)nc2[C@@H](C(C)C)NC1=O. The first-order valence-corrected chi connectivity index (χ1v) is 15.2. The molecule has 12 heteroatoms. The fraction of sp³-hybridized carbons (Fsp3) is 0.448. The van der Waals surface area contributed by atoms with Crippen LogP contribution in [-0.4, -0.2) is 73.5 Å². The van der Waals surface area contributed by atoms with Crippen LogP contribution in [0.25, 0.3) is 11.4 Å². The molecular weight excluding hydrogens is 545 g/mol. The maximum absolute atomic E-state index is 14.5. The van der Waals surface area contributed by atoms with Crippen molar-refractivity contribution in [2.24, 2.45) is 5.92 Å². The number of amides is 3. The third kappa shape index (κ3) is 7.69. The first-order chi connectivity index (χ1) is 19.8. The average Bonchev–Trinajstić information content (AvgIpc) is 3.39. The summed E-state index contributed by atoms with van der Waals surface area (Å²) in [6.45, 7) is 4.63. The topological polar surface area (TPSA) is 122 Å². The van der Waals surface area contributed by atoms with E-state index in [2.05, 4.69) is 15.6 Å². The number of rotatable bonds is 6. The first kappa shape index (κ1) is 30.2. The molecule has 0 bridgehead atoms. The monoisotopic (exact) mass is 581 g/mol. The van der Waals surface area contributed by atoms with Gasteiger partial charge in [0.25, 0.3) is 5.91 Å². The number of carbonyl (C=O) groups excluding carboxylic acids is 3. The zero-order valence-corrected chi connectivity index (χ0v) is 24.4. The molecule has 0 unspecified atom stereocenters. The van der Waals surface area contributed by atoms with Gasteiger partial charge in [-0.15, -0.1) is 0 Å². The van der Waals surface area contributed by atoms with Crippen LogP contribution in [0.15, 0.2) is 48.8 Å². The number of benzene rings is 1. The van der Waals surface area contributed by atoms with E-state index in [4.69, 9.17) is 10.1 Å². The quantitative estimate of drug-likeness (QED) is 0.457. The molecule has 0 saturated heterocycles. The minimum Gasteiger partial charge on any atom is -0.344 e. The van der Waals surface area contributed by atoms with Crippen LogP contribution < -0.4 is 10.6 Å². The molecule has 0 radical (unpaired) electrons. The highest BCUT2D eigenvalue weighted by atomic mass is 32.2. The maximum Gasteiger partial charge on any atom is 0.257 e. The van der Waals surface area contributed by atoms with Crippen LogP contribution in [-0.2, 0) is 16.1 Å². The number of fused-ring (bicyclic) bond motifs is 1. The molecule has 10 nitrogen and oxygen atoms in total. The summed E-state index contributed by atoms with van der Waals surface area (Å²) in [5, 5.41) is 10.8. The molecule has 1 aliphatic heterocycles. The number of carbonyl (C=O) groups is 3. The van der Waals surface area contributed by atoms with Gasteiger partial charge in [-0.05, 0) is 36.8 Å². The molecule has 3 heterocycles. The Morgan fingerprint density at radius 1 is 1.12 bits per heavy atom. The second-order valence-corrected chi connectivity index (χ2v) is 11.3. The number of hydrogen-bond donors (Lipinski definition) is 2. The van der Waals surface area contributed by atoms with Gasteiger partial charge in [-0.3, -0.25) is 19.4 Å². The fourth-order valence-corrected chi connectivity index (χ4v) is 5.16. The van der Waals surface area contributed by atoms with Crippen LogP contribution in [0.4, 0.5) is 4.39 Å². The number of thioether (sulfide) groups is 1. The zero-order valence-electron chi connectivity index (χ0n) is 23.5. The van der Waals surface area contributed by atoms with Crippen molar-refractivity contribution in [3.63, 3.8) is 0 Å². The third-order valence-electron chi connectivity index (χ3n) is 6.94. The molecule has 2 N–H and O–H groups in total. The van der Waals surface area contributed by atoms with Gasteiger partial charge in [0, 0.05) is 31.3 Å². The van der Waals surface area contributed by atoms with E-state index in [-0.39, 0.29) is 49.4 Å². The fourth-order valence-electron chi connectivity index (χ4n) is 4.69. The molecule has 1 aliphatic rings. The van der Waals surface area contributed by atoms with Crippen molar-refractivity contribution in [1.82, 2.24) is 35.3 Å². The second-order valence-electron chi connectivity index (χ2n) is 10.3. The van der Waals surface area contributed by atoms with E-state index in [1.165, 1.54) is 17.2 Å². The Labute approximate surface area is 243 Å². The van der Waals surface area contributed by atoms with Crippen LogP contribution in [0.5, 0.6) is 0 Å². The lowest BCUT2D eigenvalue weighted by Crippen LogP contribution is -2.49. The lowest BCUT2D eigenvalue weighted by molar-refractivity contribution is -0.129. The summed E-state index contributed by atoms with van der Waals surface area (Å²) in [4.78, 5) is 49.9. The van der Waals surface area contributed by atoms with Gasteiger partial charge >= 0.3 is 0 Å². The smallest absolute Gasteiger partial charge is 0.257 e. The molecule has 2 atom stereocenters. The Morgan fingerprint density at radius 2 is 1.90 bits per heavy atom. The van der Waals surface area contributed by atoms with E-state index in [9.17, 15) is 18.8 Å². The van der Waals surface area contributed by atoms with Crippen molar-refractivity contribution in [3.8, 4) is 11.4 Å². The maximum atomic E-state index is 14.5. The largest absolute Gasteiger partial charge is 0.344 e. The number of halogens is 1. The predicted octanol–water partition coefficient (Wildman–Crippen LogP) is 3.47. The molecule has 3 amide bonds. The van der Waals surface area contributed by atoms with Crippen molar-refractivity contribution in [2.75, 3.05) is 25.1 Å². The summed E-state index contributed by atoms with van der Waals surface area (Å²) in [5.74, 6) is -0.0736. The highest BCUT2D eigenvalue weighted by Crippen LogP contribution is 2.25. The molecule has 4 rings (SSSR count). The van der Waals surface area contributed by atoms with Crippen molar-refractivity contribution in [2.45, 2.75) is 51.7 Å². The van der Waals surface area contributed by atoms with E-state index in [1.54, 1.807) is 16.4 Å². The van der Waals surface area contributed by atoms with Gasteiger partial charge in [-0.25, -0.2) is 14.1 Å². The Morgan fingerprint density at radius 3 is 2.61 bits per heavy atom. The molecular formula is C29H36FN7O3S. The van der Waals surface area contributed by atoms with Crippen molar-refractivity contribution in [1.29, 1.82) is 0 Å². The van der Waals surface area contributed by atoms with E-state index in [0.717, 1.165) is 11.8 Å². The third-order valence-corrected chi connectivity index (χ3v) is 7.58. The lowest BCUT2D eigenvalue weighted by atomic mass is 10.0.